The van der Waals surface area contributed by atoms with Crippen LogP contribution < -0.4 is 5.32 Å². The highest BCUT2D eigenvalue weighted by molar-refractivity contribution is 5.73. The van der Waals surface area contributed by atoms with E-state index in [-0.39, 0.29) is 18.7 Å². The van der Waals surface area contributed by atoms with E-state index in [1.807, 2.05) is 0 Å². The van der Waals surface area contributed by atoms with Crippen molar-refractivity contribution in [1.29, 1.82) is 0 Å². The molecule has 0 aliphatic heterocycles. The van der Waals surface area contributed by atoms with E-state index in [0.717, 1.165) is 6.07 Å². The smallest absolute Gasteiger partial charge is 0.382 e. The number of halogens is 3. The first-order chi connectivity index (χ1) is 10.9. The van der Waals surface area contributed by atoms with Gasteiger partial charge in [-0.05, 0) is 11.6 Å². The third-order valence-corrected chi connectivity index (χ3v) is 3.03. The molecule has 0 radical (unpaired) electrons. The molecule has 0 saturated heterocycles. The van der Waals surface area contributed by atoms with Crippen LogP contribution in [0.4, 0.5) is 18.0 Å². The predicted octanol–water partition coefficient (Wildman–Crippen LogP) is 2.51. The van der Waals surface area contributed by atoms with Crippen molar-refractivity contribution in [2.45, 2.75) is 12.7 Å². The molecule has 1 aromatic carbocycles. The van der Waals surface area contributed by atoms with E-state index >= 15 is 0 Å². The number of amides is 2. The van der Waals surface area contributed by atoms with E-state index in [1.54, 1.807) is 7.11 Å². The predicted molar refractivity (Wildman–Crippen MR) is 79.0 cm³/mol. The topological polar surface area (TPSA) is 50.8 Å². The maximum atomic E-state index is 12.9. The first-order valence-corrected chi connectivity index (χ1v) is 7.07. The SMILES string of the molecule is COCCOCCNC(=O)N(C)Cc1ccccc1C(F)(F)F. The van der Waals surface area contributed by atoms with Crippen LogP contribution in [0.2, 0.25) is 0 Å². The van der Waals surface area contributed by atoms with Gasteiger partial charge in [-0.1, -0.05) is 18.2 Å². The van der Waals surface area contributed by atoms with Crippen molar-refractivity contribution in [3.63, 3.8) is 0 Å². The van der Waals surface area contributed by atoms with Crippen LogP contribution in [-0.4, -0.2) is 51.5 Å². The van der Waals surface area contributed by atoms with Crippen LogP contribution in [0.25, 0.3) is 0 Å². The highest BCUT2D eigenvalue weighted by atomic mass is 19.4. The van der Waals surface area contributed by atoms with Gasteiger partial charge in [0, 0.05) is 27.2 Å². The van der Waals surface area contributed by atoms with Crippen molar-refractivity contribution in [1.82, 2.24) is 10.2 Å². The van der Waals surface area contributed by atoms with Gasteiger partial charge in [-0.15, -0.1) is 0 Å². The first-order valence-electron chi connectivity index (χ1n) is 7.07. The second kappa shape index (κ2) is 9.36. The zero-order valence-electron chi connectivity index (χ0n) is 13.2. The number of alkyl halides is 3. The molecule has 2 amide bonds. The Labute approximate surface area is 133 Å². The summed E-state index contributed by atoms with van der Waals surface area (Å²) >= 11 is 0. The molecule has 1 rings (SSSR count). The van der Waals surface area contributed by atoms with Gasteiger partial charge in [-0.2, -0.15) is 13.2 Å². The van der Waals surface area contributed by atoms with Crippen molar-refractivity contribution in [3.8, 4) is 0 Å². The van der Waals surface area contributed by atoms with E-state index in [2.05, 4.69) is 5.32 Å². The maximum absolute atomic E-state index is 12.9. The summed E-state index contributed by atoms with van der Waals surface area (Å²) in [6, 6.07) is 4.74. The normalized spacial score (nSPS) is 11.3. The first kappa shape index (κ1) is 19.2. The average Bonchev–Trinajstić information content (AvgIpc) is 2.50. The maximum Gasteiger partial charge on any atom is 0.416 e. The number of rotatable bonds is 8. The zero-order valence-corrected chi connectivity index (χ0v) is 13.2. The molecule has 0 bridgehead atoms. The number of benzene rings is 1. The van der Waals surface area contributed by atoms with Gasteiger partial charge in [0.05, 0.1) is 25.4 Å². The molecular formula is C15H21F3N2O3. The molecule has 0 aliphatic rings. The van der Waals surface area contributed by atoms with E-state index in [0.29, 0.717) is 19.8 Å². The number of hydrogen-bond acceptors (Lipinski definition) is 3. The molecule has 23 heavy (non-hydrogen) atoms. The van der Waals surface area contributed by atoms with Gasteiger partial charge < -0.3 is 19.7 Å². The fraction of sp³-hybridized carbons (Fsp3) is 0.533. The van der Waals surface area contributed by atoms with E-state index in [4.69, 9.17) is 9.47 Å². The van der Waals surface area contributed by atoms with E-state index in [9.17, 15) is 18.0 Å². The molecule has 8 heteroatoms. The molecule has 0 saturated carbocycles. The molecule has 0 atom stereocenters. The number of nitrogens with one attached hydrogen (secondary N) is 1. The third kappa shape index (κ3) is 6.87. The largest absolute Gasteiger partial charge is 0.416 e. The fourth-order valence-electron chi connectivity index (χ4n) is 1.87. The van der Waals surface area contributed by atoms with Gasteiger partial charge >= 0.3 is 12.2 Å². The van der Waals surface area contributed by atoms with Gasteiger partial charge in [-0.3, -0.25) is 0 Å². The van der Waals surface area contributed by atoms with Crippen molar-refractivity contribution < 1.29 is 27.4 Å². The lowest BCUT2D eigenvalue weighted by molar-refractivity contribution is -0.138. The van der Waals surface area contributed by atoms with Crippen LogP contribution in [-0.2, 0) is 22.2 Å². The van der Waals surface area contributed by atoms with Gasteiger partial charge in [-0.25, -0.2) is 4.79 Å². The van der Waals surface area contributed by atoms with E-state index < -0.39 is 17.8 Å². The minimum atomic E-state index is -4.44. The number of urea groups is 1. The summed E-state index contributed by atoms with van der Waals surface area (Å²) in [5, 5.41) is 2.58. The highest BCUT2D eigenvalue weighted by Gasteiger charge is 2.33. The second-order valence-corrected chi connectivity index (χ2v) is 4.85. The quantitative estimate of drug-likeness (QED) is 0.743. The van der Waals surface area contributed by atoms with Crippen LogP contribution in [0, 0.1) is 0 Å². The van der Waals surface area contributed by atoms with Gasteiger partial charge in [0.25, 0.3) is 0 Å². The lowest BCUT2D eigenvalue weighted by Gasteiger charge is -2.20. The second-order valence-electron chi connectivity index (χ2n) is 4.85. The molecule has 0 heterocycles. The molecule has 0 aliphatic carbocycles. The number of carbonyl (C=O) groups excluding carboxylic acids is 1. The molecule has 130 valence electrons. The zero-order chi connectivity index (χ0) is 17.3. The Balaban J connectivity index is 2.47. The molecule has 0 spiro atoms. The molecule has 1 N–H and O–H groups in total. The molecule has 5 nitrogen and oxygen atoms in total. The Morgan fingerprint density at radius 2 is 1.91 bits per heavy atom. The minimum absolute atomic E-state index is 0.0500. The van der Waals surface area contributed by atoms with Crippen molar-refractivity contribution in [2.24, 2.45) is 0 Å². The van der Waals surface area contributed by atoms with Crippen LogP contribution in [0.3, 0.4) is 0 Å². The van der Waals surface area contributed by atoms with Gasteiger partial charge in [0.2, 0.25) is 0 Å². The Morgan fingerprint density at radius 3 is 2.57 bits per heavy atom. The highest BCUT2D eigenvalue weighted by Crippen LogP contribution is 2.32. The van der Waals surface area contributed by atoms with Crippen LogP contribution in [0.1, 0.15) is 11.1 Å². The summed E-state index contributed by atoms with van der Waals surface area (Å²) in [4.78, 5) is 13.0. The molecular weight excluding hydrogens is 313 g/mol. The Hall–Kier alpha value is -1.80. The summed E-state index contributed by atoms with van der Waals surface area (Å²) in [6.45, 7) is 1.32. The third-order valence-electron chi connectivity index (χ3n) is 3.03. The average molecular weight is 334 g/mol. The molecule has 0 fully saturated rings. The van der Waals surface area contributed by atoms with Gasteiger partial charge in [0.1, 0.15) is 0 Å². The Morgan fingerprint density at radius 1 is 1.22 bits per heavy atom. The van der Waals surface area contributed by atoms with Crippen molar-refractivity contribution >= 4 is 6.03 Å². The fourth-order valence-corrected chi connectivity index (χ4v) is 1.87. The standard InChI is InChI=1S/C15H21F3N2O3/c1-20(14(21)19-7-8-23-10-9-22-2)11-12-5-3-4-6-13(12)15(16,17)18/h3-6H,7-11H2,1-2H3,(H,19,21). The summed E-state index contributed by atoms with van der Waals surface area (Å²) < 4.78 is 48.7. The van der Waals surface area contributed by atoms with Gasteiger partial charge in [0.15, 0.2) is 0 Å². The molecule has 0 aromatic heterocycles. The van der Waals surface area contributed by atoms with Crippen LogP contribution in [0.15, 0.2) is 24.3 Å². The van der Waals surface area contributed by atoms with Crippen molar-refractivity contribution in [3.05, 3.63) is 35.4 Å². The van der Waals surface area contributed by atoms with Crippen molar-refractivity contribution in [2.75, 3.05) is 40.5 Å². The summed E-state index contributed by atoms with van der Waals surface area (Å²) in [5.41, 5.74) is -0.684. The minimum Gasteiger partial charge on any atom is -0.382 e. The van der Waals surface area contributed by atoms with Crippen LogP contribution in [0.5, 0.6) is 0 Å². The number of ether oxygens (including phenoxy) is 2. The Kier molecular flexibility index (Phi) is 7.84. The summed E-state index contributed by atoms with van der Waals surface area (Å²) in [7, 11) is 2.99. The number of methoxy groups -OCH3 is 1. The summed E-state index contributed by atoms with van der Waals surface area (Å²) in [5.74, 6) is 0. The lowest BCUT2D eigenvalue weighted by atomic mass is 10.1. The monoisotopic (exact) mass is 334 g/mol. The van der Waals surface area contributed by atoms with E-state index in [1.165, 1.54) is 30.1 Å². The Bertz CT molecular complexity index is 495. The molecule has 1 aromatic rings. The summed E-state index contributed by atoms with van der Waals surface area (Å²) in [6.07, 6.45) is -4.44. The molecule has 0 unspecified atom stereocenters. The number of carbonyl (C=O) groups is 1. The number of nitrogens with zero attached hydrogens (tertiary/aromatic N) is 1. The number of hydrogen-bond donors (Lipinski definition) is 1. The lowest BCUT2D eigenvalue weighted by Crippen LogP contribution is -2.38. The van der Waals surface area contributed by atoms with Crippen LogP contribution >= 0.6 is 0 Å².